The largest absolute Gasteiger partial charge is 0.390 e. The molecule has 0 unspecified atom stereocenters. The number of nitrogens with one attached hydrogen (secondary N) is 1. The molecule has 0 atom stereocenters. The summed E-state index contributed by atoms with van der Waals surface area (Å²) in [4.78, 5) is 12.5. The lowest BCUT2D eigenvalue weighted by molar-refractivity contribution is -0.129. The number of piperazine rings is 1. The zero-order valence-electron chi connectivity index (χ0n) is 14.9. The molecule has 1 aliphatic heterocycles. The molecule has 1 aromatic carbocycles. The number of aromatic nitrogens is 2. The number of rotatable bonds is 6. The first-order valence-electron chi connectivity index (χ1n) is 8.66. The Morgan fingerprint density at radius 3 is 2.11 bits per heavy atom. The maximum atomic E-state index is 12.2. The molecule has 0 amide bonds. The molecular weight excluding hydrogens is 395 g/mol. The normalized spacial score (nSPS) is 15.5. The number of anilines is 3. The number of benzene rings is 1. The van der Waals surface area contributed by atoms with Crippen molar-refractivity contribution in [1.29, 1.82) is 0 Å². The van der Waals surface area contributed by atoms with Crippen LogP contribution in [0.3, 0.4) is 0 Å². The van der Waals surface area contributed by atoms with E-state index in [0.717, 1.165) is 18.8 Å². The van der Waals surface area contributed by atoms with Gasteiger partial charge in [0.1, 0.15) is 0 Å². The zero-order chi connectivity index (χ0) is 20.2. The van der Waals surface area contributed by atoms with Crippen LogP contribution in [-0.2, 0) is 10.0 Å². The number of hydrogen-bond donors (Lipinski definition) is 1. The molecule has 0 radical (unpaired) electrons. The topological polar surface area (TPSA) is 78.4 Å². The van der Waals surface area contributed by atoms with Crippen molar-refractivity contribution >= 4 is 27.3 Å². The van der Waals surface area contributed by atoms with Gasteiger partial charge in [0.15, 0.2) is 0 Å². The molecule has 1 saturated heterocycles. The summed E-state index contributed by atoms with van der Waals surface area (Å²) in [7, 11) is -4.11. The Morgan fingerprint density at radius 1 is 0.964 bits per heavy atom. The van der Waals surface area contributed by atoms with Crippen LogP contribution in [0.1, 0.15) is 6.42 Å². The summed E-state index contributed by atoms with van der Waals surface area (Å²) in [6.07, 6.45) is -3.42. The average Bonchev–Trinajstić information content (AvgIpc) is 2.67. The van der Waals surface area contributed by atoms with Crippen LogP contribution in [0.25, 0.3) is 0 Å². The summed E-state index contributed by atoms with van der Waals surface area (Å²) in [6, 6.07) is 10.0. The van der Waals surface area contributed by atoms with E-state index in [-0.39, 0.29) is 5.69 Å². The quantitative estimate of drug-likeness (QED) is 0.781. The van der Waals surface area contributed by atoms with Gasteiger partial charge in [-0.2, -0.15) is 13.2 Å². The molecule has 0 spiro atoms. The Bertz CT molecular complexity index is 868. The summed E-state index contributed by atoms with van der Waals surface area (Å²) >= 11 is 0. The Kier molecular flexibility index (Phi) is 5.92. The molecule has 7 nitrogen and oxygen atoms in total. The highest BCUT2D eigenvalue weighted by molar-refractivity contribution is 7.92. The van der Waals surface area contributed by atoms with Crippen LogP contribution in [0.5, 0.6) is 0 Å². The van der Waals surface area contributed by atoms with Gasteiger partial charge in [-0.25, -0.2) is 18.4 Å². The minimum absolute atomic E-state index is 0.0360. The maximum absolute atomic E-state index is 12.2. The molecule has 1 aliphatic rings. The number of halogens is 3. The molecular formula is C17H20F3N5O2S. The summed E-state index contributed by atoms with van der Waals surface area (Å²) < 4.78 is 62.1. The van der Waals surface area contributed by atoms with Gasteiger partial charge in [-0.15, -0.1) is 0 Å². The molecule has 2 aromatic rings. The Labute approximate surface area is 161 Å². The predicted molar refractivity (Wildman–Crippen MR) is 101 cm³/mol. The molecule has 3 rings (SSSR count). The second-order valence-corrected chi connectivity index (χ2v) is 8.21. The van der Waals surface area contributed by atoms with E-state index in [1.807, 2.05) is 35.2 Å². The van der Waals surface area contributed by atoms with Gasteiger partial charge in [-0.1, -0.05) is 18.2 Å². The molecule has 11 heteroatoms. The number of sulfonamides is 1. The van der Waals surface area contributed by atoms with Crippen LogP contribution in [-0.4, -0.2) is 56.5 Å². The van der Waals surface area contributed by atoms with Gasteiger partial charge >= 0.3 is 6.18 Å². The molecule has 1 fully saturated rings. The van der Waals surface area contributed by atoms with Crippen molar-refractivity contribution in [3.05, 3.63) is 42.7 Å². The number of para-hydroxylation sites is 1. The lowest BCUT2D eigenvalue weighted by Gasteiger charge is -2.36. The molecule has 1 N–H and O–H groups in total. The fraction of sp³-hybridized carbons (Fsp3) is 0.412. The van der Waals surface area contributed by atoms with Crippen LogP contribution in [0.2, 0.25) is 0 Å². The van der Waals surface area contributed by atoms with Gasteiger partial charge in [0.2, 0.25) is 16.0 Å². The third-order valence-corrected chi connectivity index (χ3v) is 5.54. The average molecular weight is 415 g/mol. The third kappa shape index (κ3) is 5.72. The molecule has 0 aliphatic carbocycles. The van der Waals surface area contributed by atoms with Crippen molar-refractivity contribution < 1.29 is 21.6 Å². The summed E-state index contributed by atoms with van der Waals surface area (Å²) in [6.45, 7) is 2.98. The van der Waals surface area contributed by atoms with Gasteiger partial charge in [0.05, 0.1) is 30.3 Å². The lowest BCUT2D eigenvalue weighted by Crippen LogP contribution is -2.47. The predicted octanol–water partition coefficient (Wildman–Crippen LogP) is 2.50. The van der Waals surface area contributed by atoms with E-state index in [4.69, 9.17) is 0 Å². The van der Waals surface area contributed by atoms with E-state index in [2.05, 4.69) is 19.6 Å². The highest BCUT2D eigenvalue weighted by Crippen LogP contribution is 2.21. The maximum Gasteiger partial charge on any atom is 0.390 e. The molecule has 0 bridgehead atoms. The van der Waals surface area contributed by atoms with Crippen molar-refractivity contribution in [2.75, 3.05) is 46.5 Å². The first-order valence-corrected chi connectivity index (χ1v) is 10.3. The Hall–Kier alpha value is -2.56. The fourth-order valence-electron chi connectivity index (χ4n) is 2.82. The van der Waals surface area contributed by atoms with Gasteiger partial charge in [0, 0.05) is 31.9 Å². The van der Waals surface area contributed by atoms with Gasteiger partial charge in [-0.3, -0.25) is 4.72 Å². The van der Waals surface area contributed by atoms with Gasteiger partial charge in [-0.05, 0) is 12.1 Å². The first-order chi connectivity index (χ1) is 13.2. The van der Waals surface area contributed by atoms with Crippen LogP contribution in [0.4, 0.5) is 30.5 Å². The Morgan fingerprint density at radius 2 is 1.54 bits per heavy atom. The van der Waals surface area contributed by atoms with Crippen LogP contribution in [0, 0.1) is 0 Å². The van der Waals surface area contributed by atoms with E-state index < -0.39 is 28.4 Å². The molecule has 2 heterocycles. The van der Waals surface area contributed by atoms with Gasteiger partial charge in [0.25, 0.3) is 0 Å². The molecule has 1 aromatic heterocycles. The molecule has 152 valence electrons. The monoisotopic (exact) mass is 415 g/mol. The van der Waals surface area contributed by atoms with Crippen molar-refractivity contribution in [2.45, 2.75) is 12.6 Å². The van der Waals surface area contributed by atoms with E-state index in [0.29, 0.717) is 19.0 Å². The summed E-state index contributed by atoms with van der Waals surface area (Å²) in [5.74, 6) is -0.592. The number of nitrogens with zero attached hydrogens (tertiary/aromatic N) is 4. The lowest BCUT2D eigenvalue weighted by atomic mass is 10.2. The number of hydrogen-bond acceptors (Lipinski definition) is 6. The standard InChI is InChI=1S/C17H20F3N5O2S/c18-17(19,20)6-11-28(26,27)23-14-12-21-16(22-13-14)25-9-7-24(8-10-25)15-4-2-1-3-5-15/h1-5,12-13,23H,6-11H2. The second kappa shape index (κ2) is 8.21. The van der Waals surface area contributed by atoms with Crippen molar-refractivity contribution in [1.82, 2.24) is 9.97 Å². The van der Waals surface area contributed by atoms with E-state index >= 15 is 0 Å². The highest BCUT2D eigenvalue weighted by atomic mass is 32.2. The summed E-state index contributed by atoms with van der Waals surface area (Å²) in [5.41, 5.74) is 1.18. The fourth-order valence-corrected chi connectivity index (χ4v) is 3.89. The molecule has 0 saturated carbocycles. The van der Waals surface area contributed by atoms with Crippen molar-refractivity contribution in [2.24, 2.45) is 0 Å². The smallest absolute Gasteiger partial charge is 0.368 e. The van der Waals surface area contributed by atoms with Gasteiger partial charge < -0.3 is 9.80 Å². The van der Waals surface area contributed by atoms with Crippen LogP contribution < -0.4 is 14.5 Å². The van der Waals surface area contributed by atoms with E-state index in [1.54, 1.807) is 0 Å². The second-order valence-electron chi connectivity index (χ2n) is 6.37. The SMILES string of the molecule is O=S(=O)(CCC(F)(F)F)Nc1cnc(N2CCN(c3ccccc3)CC2)nc1. The van der Waals surface area contributed by atoms with E-state index in [9.17, 15) is 21.6 Å². The first kappa shape index (κ1) is 20.2. The minimum atomic E-state index is -4.53. The number of alkyl halides is 3. The zero-order valence-corrected chi connectivity index (χ0v) is 15.7. The van der Waals surface area contributed by atoms with Crippen LogP contribution in [0.15, 0.2) is 42.7 Å². The summed E-state index contributed by atoms with van der Waals surface area (Å²) in [5, 5.41) is 0. The third-order valence-electron chi connectivity index (χ3n) is 4.25. The Balaban J connectivity index is 1.55. The van der Waals surface area contributed by atoms with Crippen molar-refractivity contribution in [3.63, 3.8) is 0 Å². The minimum Gasteiger partial charge on any atom is -0.368 e. The van der Waals surface area contributed by atoms with Crippen LogP contribution >= 0.6 is 0 Å². The van der Waals surface area contributed by atoms with Crippen molar-refractivity contribution in [3.8, 4) is 0 Å². The van der Waals surface area contributed by atoms with E-state index in [1.165, 1.54) is 12.4 Å². The highest BCUT2D eigenvalue weighted by Gasteiger charge is 2.30. The molecule has 28 heavy (non-hydrogen) atoms.